The summed E-state index contributed by atoms with van der Waals surface area (Å²) in [6.45, 7) is 2.87. The second-order valence-corrected chi connectivity index (χ2v) is 5.93. The van der Waals surface area contributed by atoms with Crippen LogP contribution in [-0.2, 0) is 9.47 Å². The van der Waals surface area contributed by atoms with Gasteiger partial charge in [0, 0.05) is 44.9 Å². The monoisotopic (exact) mass is 312 g/mol. The van der Waals surface area contributed by atoms with Crippen LogP contribution >= 0.6 is 11.6 Å². The van der Waals surface area contributed by atoms with Gasteiger partial charge < -0.3 is 14.8 Å². The van der Waals surface area contributed by atoms with Crippen molar-refractivity contribution in [2.24, 2.45) is 0 Å². The number of hydrogen-bond donors (Lipinski definition) is 1. The van der Waals surface area contributed by atoms with Gasteiger partial charge in [-0.1, -0.05) is 23.7 Å². The minimum absolute atomic E-state index is 0.175. The number of nitrogens with one attached hydrogen (secondary N) is 1. The van der Waals surface area contributed by atoms with E-state index in [2.05, 4.69) is 16.3 Å². The molecule has 21 heavy (non-hydrogen) atoms. The summed E-state index contributed by atoms with van der Waals surface area (Å²) in [5, 5.41) is 4.16. The standard InChI is InChI=1S/C16H25ClN2O2/c1-18-14(12-5-4-6-13(17)9-12)7-8-19-10-15(20-2)16(11-19)21-3/h4-6,9,14-16,18H,7-8,10-11H2,1-3H3. The minimum Gasteiger partial charge on any atom is -0.377 e. The molecule has 1 aliphatic heterocycles. The Morgan fingerprint density at radius 2 is 1.95 bits per heavy atom. The summed E-state index contributed by atoms with van der Waals surface area (Å²) in [6, 6.07) is 8.37. The van der Waals surface area contributed by atoms with Crippen molar-refractivity contribution in [3.05, 3.63) is 34.9 Å². The van der Waals surface area contributed by atoms with Crippen LogP contribution in [0, 0.1) is 0 Å². The molecule has 2 rings (SSSR count). The quantitative estimate of drug-likeness (QED) is 0.838. The molecule has 0 saturated carbocycles. The van der Waals surface area contributed by atoms with Crippen molar-refractivity contribution in [1.82, 2.24) is 10.2 Å². The summed E-state index contributed by atoms with van der Waals surface area (Å²) in [5.41, 5.74) is 1.23. The Labute approximate surface area is 132 Å². The third kappa shape index (κ3) is 4.41. The lowest BCUT2D eigenvalue weighted by Gasteiger charge is -2.21. The van der Waals surface area contributed by atoms with Gasteiger partial charge in [-0.25, -0.2) is 0 Å². The smallest absolute Gasteiger partial charge is 0.0971 e. The molecule has 1 aliphatic rings. The SMILES string of the molecule is CNC(CCN1CC(OC)C(OC)C1)c1cccc(Cl)c1. The van der Waals surface area contributed by atoms with Crippen LogP contribution in [0.2, 0.25) is 5.02 Å². The summed E-state index contributed by atoms with van der Waals surface area (Å²) in [4.78, 5) is 2.40. The molecule has 118 valence electrons. The number of ether oxygens (including phenoxy) is 2. The number of methoxy groups -OCH3 is 2. The van der Waals surface area contributed by atoms with E-state index in [1.807, 2.05) is 25.2 Å². The van der Waals surface area contributed by atoms with Gasteiger partial charge in [-0.05, 0) is 31.2 Å². The predicted octanol–water partition coefficient (Wildman–Crippen LogP) is 2.34. The maximum Gasteiger partial charge on any atom is 0.0971 e. The Kier molecular flexibility index (Phi) is 6.45. The highest BCUT2D eigenvalue weighted by atomic mass is 35.5. The van der Waals surface area contributed by atoms with Crippen molar-refractivity contribution in [2.75, 3.05) is 40.9 Å². The second-order valence-electron chi connectivity index (χ2n) is 5.49. The first-order valence-electron chi connectivity index (χ1n) is 7.38. The van der Waals surface area contributed by atoms with Gasteiger partial charge in [0.05, 0.1) is 12.2 Å². The topological polar surface area (TPSA) is 33.7 Å². The number of hydrogen-bond acceptors (Lipinski definition) is 4. The molecule has 0 spiro atoms. The zero-order valence-electron chi connectivity index (χ0n) is 13.0. The molecule has 0 radical (unpaired) electrons. The molecule has 0 aliphatic carbocycles. The zero-order valence-corrected chi connectivity index (χ0v) is 13.8. The van der Waals surface area contributed by atoms with Crippen LogP contribution in [0.25, 0.3) is 0 Å². The van der Waals surface area contributed by atoms with Crippen LogP contribution in [0.15, 0.2) is 24.3 Å². The van der Waals surface area contributed by atoms with Crippen molar-refractivity contribution in [2.45, 2.75) is 24.7 Å². The number of benzene rings is 1. The Balaban J connectivity index is 1.89. The van der Waals surface area contributed by atoms with Gasteiger partial charge in [0.1, 0.15) is 0 Å². The van der Waals surface area contributed by atoms with Crippen molar-refractivity contribution in [3.63, 3.8) is 0 Å². The highest BCUT2D eigenvalue weighted by Gasteiger charge is 2.32. The molecule has 1 aromatic carbocycles. The molecule has 0 aromatic heterocycles. The fourth-order valence-electron chi connectivity index (χ4n) is 2.97. The molecule has 4 nitrogen and oxygen atoms in total. The Hall–Kier alpha value is -0.650. The lowest BCUT2D eigenvalue weighted by molar-refractivity contribution is -0.00461. The van der Waals surface area contributed by atoms with E-state index in [1.165, 1.54) is 5.56 Å². The molecule has 1 aromatic rings. The fourth-order valence-corrected chi connectivity index (χ4v) is 3.17. The number of rotatable bonds is 7. The molecule has 3 atom stereocenters. The van der Waals surface area contributed by atoms with Crippen LogP contribution in [0.5, 0.6) is 0 Å². The molecule has 0 bridgehead atoms. The first-order valence-corrected chi connectivity index (χ1v) is 7.76. The molecule has 1 fully saturated rings. The first kappa shape index (κ1) is 16.7. The van der Waals surface area contributed by atoms with Crippen LogP contribution < -0.4 is 5.32 Å². The summed E-state index contributed by atoms with van der Waals surface area (Å²) in [5.74, 6) is 0. The van der Waals surface area contributed by atoms with Gasteiger partial charge in [-0.3, -0.25) is 4.90 Å². The highest BCUT2D eigenvalue weighted by molar-refractivity contribution is 6.30. The van der Waals surface area contributed by atoms with E-state index < -0.39 is 0 Å². The van der Waals surface area contributed by atoms with E-state index in [9.17, 15) is 0 Å². The molecular formula is C16H25ClN2O2. The lowest BCUT2D eigenvalue weighted by Crippen LogP contribution is -2.28. The molecule has 1 heterocycles. The van der Waals surface area contributed by atoms with Crippen LogP contribution in [-0.4, -0.2) is 58.0 Å². The lowest BCUT2D eigenvalue weighted by atomic mass is 10.0. The van der Waals surface area contributed by atoms with Crippen molar-refractivity contribution >= 4 is 11.6 Å². The molecule has 1 N–H and O–H groups in total. The maximum atomic E-state index is 6.08. The van der Waals surface area contributed by atoms with Gasteiger partial charge in [0.15, 0.2) is 0 Å². The van der Waals surface area contributed by atoms with E-state index in [0.29, 0.717) is 6.04 Å². The fraction of sp³-hybridized carbons (Fsp3) is 0.625. The Morgan fingerprint density at radius 1 is 1.29 bits per heavy atom. The molecule has 1 saturated heterocycles. The number of likely N-dealkylation sites (tertiary alicyclic amines) is 1. The van der Waals surface area contributed by atoms with Crippen LogP contribution in [0.3, 0.4) is 0 Å². The van der Waals surface area contributed by atoms with Crippen LogP contribution in [0.4, 0.5) is 0 Å². The summed E-state index contributed by atoms with van der Waals surface area (Å²) in [7, 11) is 5.50. The van der Waals surface area contributed by atoms with Gasteiger partial charge in [-0.15, -0.1) is 0 Å². The molecule has 0 amide bonds. The normalized spacial score (nSPS) is 24.4. The van der Waals surface area contributed by atoms with Crippen LogP contribution in [0.1, 0.15) is 18.0 Å². The first-order chi connectivity index (χ1) is 10.2. The van der Waals surface area contributed by atoms with Gasteiger partial charge in [0.2, 0.25) is 0 Å². The predicted molar refractivity (Wildman–Crippen MR) is 85.9 cm³/mol. The Bertz CT molecular complexity index is 432. The van der Waals surface area contributed by atoms with Crippen molar-refractivity contribution in [3.8, 4) is 0 Å². The third-order valence-electron chi connectivity index (χ3n) is 4.23. The second kappa shape index (κ2) is 8.11. The highest BCUT2D eigenvalue weighted by Crippen LogP contribution is 2.22. The van der Waals surface area contributed by atoms with E-state index in [-0.39, 0.29) is 12.2 Å². The van der Waals surface area contributed by atoms with Crippen molar-refractivity contribution < 1.29 is 9.47 Å². The number of halogens is 1. The molecular weight excluding hydrogens is 288 g/mol. The summed E-state index contributed by atoms with van der Waals surface area (Å²) < 4.78 is 11.0. The summed E-state index contributed by atoms with van der Waals surface area (Å²) >= 11 is 6.08. The summed E-state index contributed by atoms with van der Waals surface area (Å²) in [6.07, 6.45) is 1.38. The molecule has 3 unspecified atom stereocenters. The largest absolute Gasteiger partial charge is 0.377 e. The van der Waals surface area contributed by atoms with E-state index >= 15 is 0 Å². The van der Waals surface area contributed by atoms with E-state index in [0.717, 1.165) is 31.1 Å². The third-order valence-corrected chi connectivity index (χ3v) is 4.47. The van der Waals surface area contributed by atoms with Crippen molar-refractivity contribution in [1.29, 1.82) is 0 Å². The van der Waals surface area contributed by atoms with Gasteiger partial charge in [0.25, 0.3) is 0 Å². The average molecular weight is 313 g/mol. The maximum absolute atomic E-state index is 6.08. The Morgan fingerprint density at radius 3 is 2.48 bits per heavy atom. The number of nitrogens with zero attached hydrogens (tertiary/aromatic N) is 1. The molecule has 5 heteroatoms. The zero-order chi connectivity index (χ0) is 15.2. The van der Waals surface area contributed by atoms with Gasteiger partial charge in [-0.2, -0.15) is 0 Å². The average Bonchev–Trinajstić information content (AvgIpc) is 2.90. The minimum atomic E-state index is 0.175. The van der Waals surface area contributed by atoms with Gasteiger partial charge >= 0.3 is 0 Å². The van der Waals surface area contributed by atoms with E-state index in [1.54, 1.807) is 14.2 Å². The van der Waals surface area contributed by atoms with E-state index in [4.69, 9.17) is 21.1 Å².